The van der Waals surface area contributed by atoms with E-state index in [-0.39, 0.29) is 22.8 Å². The van der Waals surface area contributed by atoms with Crippen LogP contribution in [0.4, 0.5) is 15.8 Å². The Bertz CT molecular complexity index is 1800. The van der Waals surface area contributed by atoms with Crippen LogP contribution in [0.25, 0.3) is 22.3 Å². The zero-order valence-electron chi connectivity index (χ0n) is 20.7. The van der Waals surface area contributed by atoms with E-state index in [0.717, 1.165) is 4.68 Å². The van der Waals surface area contributed by atoms with Gasteiger partial charge in [-0.2, -0.15) is 9.78 Å². The van der Waals surface area contributed by atoms with Gasteiger partial charge in [0.25, 0.3) is 17.2 Å². The van der Waals surface area contributed by atoms with E-state index in [0.29, 0.717) is 22.2 Å². The minimum atomic E-state index is -0.582. The molecule has 4 aromatic carbocycles. The lowest BCUT2D eigenvalue weighted by Gasteiger charge is -2.11. The summed E-state index contributed by atoms with van der Waals surface area (Å²) in [5, 5.41) is 18.7. The Labute approximate surface area is 226 Å². The highest BCUT2D eigenvalue weighted by Crippen LogP contribution is 2.24. The van der Waals surface area contributed by atoms with E-state index < -0.39 is 28.8 Å². The molecule has 1 N–H and O–H groups in total. The lowest BCUT2D eigenvalue weighted by atomic mass is 10.2. The van der Waals surface area contributed by atoms with Crippen molar-refractivity contribution in [3.05, 3.63) is 129 Å². The maximum absolute atomic E-state index is 13.4. The van der Waals surface area contributed by atoms with Gasteiger partial charge in [-0.15, -0.1) is 0 Å². The molecule has 0 saturated heterocycles. The molecule has 0 radical (unpaired) electrons. The van der Waals surface area contributed by atoms with Crippen LogP contribution in [-0.2, 0) is 4.79 Å². The van der Waals surface area contributed by atoms with Gasteiger partial charge in [-0.1, -0.05) is 42.5 Å². The monoisotopic (exact) mass is 537 g/mol. The van der Waals surface area contributed by atoms with Crippen LogP contribution in [0.2, 0.25) is 0 Å². The van der Waals surface area contributed by atoms with Crippen molar-refractivity contribution in [3.8, 4) is 17.1 Å². The number of nitrogens with one attached hydrogen (secondary N) is 1. The van der Waals surface area contributed by atoms with Crippen LogP contribution in [0, 0.1) is 15.9 Å². The number of nitrogens with zero attached hydrogens (tertiary/aromatic N) is 4. The molecule has 1 amide bonds. The van der Waals surface area contributed by atoms with Gasteiger partial charge in [-0.3, -0.25) is 19.7 Å². The van der Waals surface area contributed by atoms with Crippen molar-refractivity contribution in [2.24, 2.45) is 5.10 Å². The molecule has 0 aliphatic heterocycles. The largest absolute Gasteiger partial charge is 0.483 e. The van der Waals surface area contributed by atoms with Crippen molar-refractivity contribution in [2.75, 3.05) is 11.9 Å². The first kappa shape index (κ1) is 25.9. The number of para-hydroxylation sites is 1. The number of aromatic nitrogens is 2. The van der Waals surface area contributed by atoms with Crippen LogP contribution in [0.1, 0.15) is 5.56 Å². The number of halogens is 1. The standard InChI is InChI=1S/C29H20FN5O5/c30-21-10-12-22(13-11-21)32-27(36)18-40-26-15-14-23(35(38)39)16-20(26)17-31-34-28(19-6-2-1-3-7-19)33-25-9-5-4-8-24(25)29(34)37/h1-17H,18H2,(H,32,36). The molecule has 0 fully saturated rings. The quantitative estimate of drug-likeness (QED) is 0.168. The van der Waals surface area contributed by atoms with Crippen molar-refractivity contribution in [1.29, 1.82) is 0 Å². The summed E-state index contributed by atoms with van der Waals surface area (Å²) in [6.45, 7) is -0.442. The maximum Gasteiger partial charge on any atom is 0.282 e. The highest BCUT2D eigenvalue weighted by molar-refractivity contribution is 5.92. The molecule has 0 bridgehead atoms. The van der Waals surface area contributed by atoms with Gasteiger partial charge in [-0.05, 0) is 42.5 Å². The molecular formula is C29H20FN5O5. The smallest absolute Gasteiger partial charge is 0.282 e. The highest BCUT2D eigenvalue weighted by atomic mass is 19.1. The molecule has 0 aliphatic carbocycles. The number of nitro groups is 1. The van der Waals surface area contributed by atoms with Crippen molar-refractivity contribution in [1.82, 2.24) is 9.66 Å². The molecule has 0 unspecified atom stereocenters. The number of carbonyl (C=O) groups excluding carboxylic acids is 1. The van der Waals surface area contributed by atoms with E-state index in [4.69, 9.17) is 4.74 Å². The molecule has 0 aliphatic rings. The molecule has 1 aromatic heterocycles. The fourth-order valence-electron chi connectivity index (χ4n) is 3.88. The zero-order chi connectivity index (χ0) is 28.1. The molecule has 0 atom stereocenters. The van der Waals surface area contributed by atoms with Gasteiger partial charge in [0.1, 0.15) is 11.6 Å². The fourth-order valence-corrected chi connectivity index (χ4v) is 3.88. The zero-order valence-corrected chi connectivity index (χ0v) is 20.7. The van der Waals surface area contributed by atoms with Crippen molar-refractivity contribution < 1.29 is 18.8 Å². The fraction of sp³-hybridized carbons (Fsp3) is 0.0345. The maximum atomic E-state index is 13.4. The van der Waals surface area contributed by atoms with E-state index in [1.165, 1.54) is 48.7 Å². The Morgan fingerprint density at radius 2 is 1.75 bits per heavy atom. The summed E-state index contributed by atoms with van der Waals surface area (Å²) in [5.41, 5.74) is 0.976. The average Bonchev–Trinajstić information content (AvgIpc) is 2.97. The summed E-state index contributed by atoms with van der Waals surface area (Å²) in [7, 11) is 0. The number of carbonyl (C=O) groups is 1. The lowest BCUT2D eigenvalue weighted by Crippen LogP contribution is -2.21. The second-order valence-electron chi connectivity index (χ2n) is 8.50. The van der Waals surface area contributed by atoms with Gasteiger partial charge in [-0.25, -0.2) is 9.37 Å². The second-order valence-corrected chi connectivity index (χ2v) is 8.50. The number of hydrogen-bond donors (Lipinski definition) is 1. The average molecular weight is 538 g/mol. The predicted molar refractivity (Wildman–Crippen MR) is 148 cm³/mol. The minimum absolute atomic E-state index is 0.117. The second kappa shape index (κ2) is 11.4. The molecule has 10 nitrogen and oxygen atoms in total. The first-order valence-electron chi connectivity index (χ1n) is 12.0. The SMILES string of the molecule is O=C(COc1ccc([N+](=O)[O-])cc1C=Nn1c(-c2ccccc2)nc2ccccc2c1=O)Nc1ccc(F)cc1. The number of fused-ring (bicyclic) bond motifs is 1. The lowest BCUT2D eigenvalue weighted by molar-refractivity contribution is -0.384. The van der Waals surface area contributed by atoms with Crippen molar-refractivity contribution >= 4 is 34.4 Å². The number of anilines is 1. The Morgan fingerprint density at radius 3 is 2.50 bits per heavy atom. The first-order valence-corrected chi connectivity index (χ1v) is 12.0. The van der Waals surface area contributed by atoms with E-state index in [1.54, 1.807) is 48.5 Å². The summed E-state index contributed by atoms with van der Waals surface area (Å²) in [5.74, 6) is -0.590. The number of rotatable bonds is 8. The predicted octanol–water partition coefficient (Wildman–Crippen LogP) is 5.01. The molecule has 0 saturated carbocycles. The van der Waals surface area contributed by atoms with Crippen molar-refractivity contribution in [2.45, 2.75) is 0 Å². The number of ether oxygens (including phenoxy) is 1. The summed E-state index contributed by atoms with van der Waals surface area (Å²) < 4.78 is 19.9. The van der Waals surface area contributed by atoms with Gasteiger partial charge in [0.15, 0.2) is 12.4 Å². The molecule has 5 aromatic rings. The van der Waals surface area contributed by atoms with Crippen LogP contribution in [0.5, 0.6) is 5.75 Å². The van der Waals surface area contributed by atoms with Gasteiger partial charge >= 0.3 is 0 Å². The van der Waals surface area contributed by atoms with Gasteiger partial charge in [0.05, 0.1) is 22.0 Å². The van der Waals surface area contributed by atoms with E-state index >= 15 is 0 Å². The molecule has 0 spiro atoms. The van der Waals surface area contributed by atoms with E-state index in [2.05, 4.69) is 15.4 Å². The minimum Gasteiger partial charge on any atom is -0.483 e. The van der Waals surface area contributed by atoms with Gasteiger partial charge in [0, 0.05) is 28.9 Å². The van der Waals surface area contributed by atoms with E-state index in [1.807, 2.05) is 6.07 Å². The van der Waals surface area contributed by atoms with E-state index in [9.17, 15) is 24.1 Å². The molecule has 1 heterocycles. The molecule has 40 heavy (non-hydrogen) atoms. The Kier molecular flexibility index (Phi) is 7.36. The molecule has 198 valence electrons. The third kappa shape index (κ3) is 5.73. The van der Waals surface area contributed by atoms with Crippen LogP contribution in [-0.4, -0.2) is 33.3 Å². The van der Waals surface area contributed by atoms with Gasteiger partial charge in [0.2, 0.25) is 0 Å². The van der Waals surface area contributed by atoms with Crippen molar-refractivity contribution in [3.63, 3.8) is 0 Å². The van der Waals surface area contributed by atoms with Crippen LogP contribution >= 0.6 is 0 Å². The number of amides is 1. The topological polar surface area (TPSA) is 129 Å². The molecular weight excluding hydrogens is 517 g/mol. The third-order valence-electron chi connectivity index (χ3n) is 5.79. The number of hydrogen-bond acceptors (Lipinski definition) is 7. The molecule has 11 heteroatoms. The molecule has 5 rings (SSSR count). The Hall–Kier alpha value is -5.71. The highest BCUT2D eigenvalue weighted by Gasteiger charge is 2.15. The first-order chi connectivity index (χ1) is 19.4. The van der Waals surface area contributed by atoms with Gasteiger partial charge < -0.3 is 10.1 Å². The summed E-state index contributed by atoms with van der Waals surface area (Å²) in [6, 6.07) is 24.8. The number of nitro benzene ring substituents is 1. The number of non-ortho nitro benzene ring substituents is 1. The Morgan fingerprint density at radius 1 is 1.02 bits per heavy atom. The summed E-state index contributed by atoms with van der Waals surface area (Å²) in [6.07, 6.45) is 1.24. The van der Waals surface area contributed by atoms with Crippen LogP contribution in [0.15, 0.2) is 107 Å². The van der Waals surface area contributed by atoms with Crippen LogP contribution < -0.4 is 15.6 Å². The summed E-state index contributed by atoms with van der Waals surface area (Å²) in [4.78, 5) is 41.3. The number of benzene rings is 4. The summed E-state index contributed by atoms with van der Waals surface area (Å²) >= 11 is 0. The Balaban J connectivity index is 1.50. The van der Waals surface area contributed by atoms with Crippen LogP contribution in [0.3, 0.4) is 0 Å². The third-order valence-corrected chi connectivity index (χ3v) is 5.79. The normalized spacial score (nSPS) is 11.0.